The number of phenols is 1. The Morgan fingerprint density at radius 3 is 2.11 bits per heavy atom. The Hall–Kier alpha value is -3.46. The summed E-state index contributed by atoms with van der Waals surface area (Å²) < 4.78 is 26.7. The van der Waals surface area contributed by atoms with E-state index in [1.54, 1.807) is 0 Å². The van der Waals surface area contributed by atoms with Crippen LogP contribution in [0.1, 0.15) is 10.4 Å². The lowest BCUT2D eigenvalue weighted by Gasteiger charge is -2.17. The second-order valence-electron chi connectivity index (χ2n) is 5.47. The van der Waals surface area contributed by atoms with Crippen molar-refractivity contribution >= 4 is 40.3 Å². The van der Waals surface area contributed by atoms with Crippen LogP contribution in [0.15, 0.2) is 39.9 Å². The molecule has 0 spiro atoms. The molecule has 0 aromatic heterocycles. The molecule has 0 aliphatic rings. The average Bonchev–Trinajstić information content (AvgIpc) is 2.60. The highest BCUT2D eigenvalue weighted by Gasteiger charge is 2.24. The zero-order valence-electron chi connectivity index (χ0n) is 13.3. The number of hydrogen-bond acceptors (Lipinski definition) is 6. The SMILES string of the molecule is NC(=O)c1c(Cl)ccc(Nc2c(Nc3ccc(F)cc3F)c(=O)c2=O)c1O. The van der Waals surface area contributed by atoms with E-state index in [4.69, 9.17) is 17.3 Å². The summed E-state index contributed by atoms with van der Waals surface area (Å²) in [6.45, 7) is 0. The fourth-order valence-electron chi connectivity index (χ4n) is 2.39. The van der Waals surface area contributed by atoms with Crippen molar-refractivity contribution in [2.24, 2.45) is 5.73 Å². The Bertz CT molecular complexity index is 1160. The number of nitrogens with two attached hydrogens (primary N) is 1. The first-order valence-corrected chi connectivity index (χ1v) is 7.72. The van der Waals surface area contributed by atoms with Gasteiger partial charge in [-0.1, -0.05) is 11.6 Å². The third-order valence-corrected chi connectivity index (χ3v) is 4.05. The minimum absolute atomic E-state index is 0.109. The number of carbonyl (C=O) groups is 1. The van der Waals surface area contributed by atoms with Crippen LogP contribution in [0.3, 0.4) is 0 Å². The maximum absolute atomic E-state index is 13.8. The summed E-state index contributed by atoms with van der Waals surface area (Å²) in [5.74, 6) is -3.41. The van der Waals surface area contributed by atoms with Crippen molar-refractivity contribution < 1.29 is 18.7 Å². The number of aromatic hydroxyl groups is 1. The first-order valence-electron chi connectivity index (χ1n) is 7.34. The van der Waals surface area contributed by atoms with E-state index in [1.165, 1.54) is 12.1 Å². The van der Waals surface area contributed by atoms with E-state index in [-0.39, 0.29) is 33.3 Å². The number of benzene rings is 2. The standard InChI is InChI=1S/C17H10ClF2N3O4/c18-7-2-4-10(14(24)11(7)17(21)27)23-13-12(15(25)16(13)26)22-9-3-1-6(19)5-8(9)20/h1-5,22-24H,(H2,21,27). The van der Waals surface area contributed by atoms with Gasteiger partial charge in [-0.15, -0.1) is 0 Å². The second-order valence-corrected chi connectivity index (χ2v) is 5.87. The minimum Gasteiger partial charge on any atom is -0.505 e. The number of nitrogens with one attached hydrogen (secondary N) is 2. The van der Waals surface area contributed by atoms with Gasteiger partial charge in [-0.25, -0.2) is 8.78 Å². The predicted molar refractivity (Wildman–Crippen MR) is 95.9 cm³/mol. The molecule has 138 valence electrons. The van der Waals surface area contributed by atoms with Crippen molar-refractivity contribution in [3.63, 3.8) is 0 Å². The van der Waals surface area contributed by atoms with Gasteiger partial charge in [0.1, 0.15) is 28.6 Å². The van der Waals surface area contributed by atoms with Gasteiger partial charge in [0.05, 0.1) is 16.4 Å². The number of halogens is 3. The molecule has 0 atom stereocenters. The topological polar surface area (TPSA) is 122 Å². The second kappa shape index (κ2) is 6.69. The van der Waals surface area contributed by atoms with Crippen LogP contribution in [0.25, 0.3) is 0 Å². The van der Waals surface area contributed by atoms with Crippen molar-refractivity contribution in [1.82, 2.24) is 0 Å². The molecule has 0 saturated carbocycles. The molecule has 0 unspecified atom stereocenters. The van der Waals surface area contributed by atoms with Crippen molar-refractivity contribution in [2.75, 3.05) is 10.6 Å². The van der Waals surface area contributed by atoms with Crippen LogP contribution in [0.2, 0.25) is 5.02 Å². The Morgan fingerprint density at radius 2 is 1.56 bits per heavy atom. The molecular formula is C17H10ClF2N3O4. The van der Waals surface area contributed by atoms with E-state index < -0.39 is 34.1 Å². The van der Waals surface area contributed by atoms with Gasteiger partial charge < -0.3 is 21.5 Å². The third-order valence-electron chi connectivity index (χ3n) is 3.73. The molecular weight excluding hydrogens is 384 g/mol. The first-order chi connectivity index (χ1) is 12.7. The van der Waals surface area contributed by atoms with Gasteiger partial charge in [-0.2, -0.15) is 0 Å². The summed E-state index contributed by atoms with van der Waals surface area (Å²) in [6, 6.07) is 5.13. The number of hydrogen-bond donors (Lipinski definition) is 4. The number of primary amides is 1. The summed E-state index contributed by atoms with van der Waals surface area (Å²) in [7, 11) is 0. The van der Waals surface area contributed by atoms with E-state index in [0.717, 1.165) is 12.1 Å². The van der Waals surface area contributed by atoms with E-state index in [9.17, 15) is 28.3 Å². The molecule has 1 amide bonds. The fourth-order valence-corrected chi connectivity index (χ4v) is 2.64. The average molecular weight is 394 g/mol. The smallest absolute Gasteiger partial charge is 0.254 e. The molecule has 0 bridgehead atoms. The quantitative estimate of drug-likeness (QED) is 0.390. The molecule has 0 fully saturated rings. The molecule has 0 aliphatic carbocycles. The van der Waals surface area contributed by atoms with Crippen LogP contribution in [-0.2, 0) is 0 Å². The molecule has 0 aliphatic heterocycles. The van der Waals surface area contributed by atoms with Crippen LogP contribution in [0, 0.1) is 11.6 Å². The molecule has 3 aromatic carbocycles. The lowest BCUT2D eigenvalue weighted by molar-refractivity contribution is 0.0998. The Morgan fingerprint density at radius 1 is 1.00 bits per heavy atom. The summed E-state index contributed by atoms with van der Waals surface area (Å²) in [6.07, 6.45) is 0. The molecule has 5 N–H and O–H groups in total. The lowest BCUT2D eigenvalue weighted by atomic mass is 10.1. The monoisotopic (exact) mass is 393 g/mol. The minimum atomic E-state index is -1.00. The summed E-state index contributed by atoms with van der Waals surface area (Å²) in [5.41, 5.74) is 1.96. The summed E-state index contributed by atoms with van der Waals surface area (Å²) >= 11 is 5.79. The maximum atomic E-state index is 13.8. The zero-order valence-corrected chi connectivity index (χ0v) is 14.0. The highest BCUT2D eigenvalue weighted by molar-refractivity contribution is 6.34. The third kappa shape index (κ3) is 3.20. The molecule has 0 saturated heterocycles. The van der Waals surface area contributed by atoms with Crippen molar-refractivity contribution in [1.29, 1.82) is 0 Å². The molecule has 3 rings (SSSR count). The van der Waals surface area contributed by atoms with Crippen LogP contribution < -0.4 is 27.2 Å². The highest BCUT2D eigenvalue weighted by atomic mass is 35.5. The molecule has 10 heteroatoms. The molecule has 27 heavy (non-hydrogen) atoms. The van der Waals surface area contributed by atoms with Gasteiger partial charge in [0.15, 0.2) is 5.75 Å². The van der Waals surface area contributed by atoms with Crippen molar-refractivity contribution in [3.8, 4) is 5.75 Å². The van der Waals surface area contributed by atoms with Gasteiger partial charge in [0.25, 0.3) is 16.8 Å². The van der Waals surface area contributed by atoms with Crippen LogP contribution in [-0.4, -0.2) is 11.0 Å². The van der Waals surface area contributed by atoms with Gasteiger partial charge >= 0.3 is 0 Å². The van der Waals surface area contributed by atoms with Crippen LogP contribution in [0.5, 0.6) is 5.75 Å². The first kappa shape index (κ1) is 18.3. The predicted octanol–water partition coefficient (Wildman–Crippen LogP) is 2.51. The molecule has 7 nitrogen and oxygen atoms in total. The molecule has 0 heterocycles. The fraction of sp³-hybridized carbons (Fsp3) is 0. The largest absolute Gasteiger partial charge is 0.505 e. The van der Waals surface area contributed by atoms with E-state index in [1.807, 2.05) is 0 Å². The zero-order chi connectivity index (χ0) is 19.9. The number of amides is 1. The summed E-state index contributed by atoms with van der Waals surface area (Å²) in [5, 5.41) is 14.9. The molecule has 3 aromatic rings. The van der Waals surface area contributed by atoms with Crippen LogP contribution >= 0.6 is 11.6 Å². The maximum Gasteiger partial charge on any atom is 0.254 e. The Labute approximate surface area is 154 Å². The van der Waals surface area contributed by atoms with Gasteiger partial charge in [0.2, 0.25) is 0 Å². The number of rotatable bonds is 5. The van der Waals surface area contributed by atoms with E-state index in [2.05, 4.69) is 10.6 Å². The number of carbonyl (C=O) groups excluding carboxylic acids is 1. The van der Waals surface area contributed by atoms with Crippen molar-refractivity contribution in [2.45, 2.75) is 0 Å². The molecule has 0 radical (unpaired) electrons. The Balaban J connectivity index is 1.98. The van der Waals surface area contributed by atoms with E-state index >= 15 is 0 Å². The normalized spacial score (nSPS) is 10.8. The van der Waals surface area contributed by atoms with E-state index in [0.29, 0.717) is 6.07 Å². The Kier molecular flexibility index (Phi) is 4.54. The van der Waals surface area contributed by atoms with Gasteiger partial charge in [0, 0.05) is 6.07 Å². The van der Waals surface area contributed by atoms with Crippen molar-refractivity contribution in [3.05, 3.63) is 73.0 Å². The van der Waals surface area contributed by atoms with Gasteiger partial charge in [-0.05, 0) is 24.3 Å². The summed E-state index contributed by atoms with van der Waals surface area (Å²) in [4.78, 5) is 35.0. The van der Waals surface area contributed by atoms with Gasteiger partial charge in [-0.3, -0.25) is 14.4 Å². The van der Waals surface area contributed by atoms with Crippen LogP contribution in [0.4, 0.5) is 31.5 Å². The highest BCUT2D eigenvalue weighted by Crippen LogP contribution is 2.36. The lowest BCUT2D eigenvalue weighted by Crippen LogP contribution is -2.36. The number of anilines is 4.